The third-order valence-electron chi connectivity index (χ3n) is 5.55. The predicted octanol–water partition coefficient (Wildman–Crippen LogP) is 2.65. The van der Waals surface area contributed by atoms with Crippen molar-refractivity contribution in [3.63, 3.8) is 0 Å². The van der Waals surface area contributed by atoms with E-state index in [9.17, 15) is 9.59 Å². The summed E-state index contributed by atoms with van der Waals surface area (Å²) in [6.07, 6.45) is 4.64. The molecule has 1 saturated carbocycles. The van der Waals surface area contributed by atoms with Gasteiger partial charge in [0, 0.05) is 19.5 Å². The first kappa shape index (κ1) is 16.1. The average molecular weight is 341 g/mol. The van der Waals surface area contributed by atoms with Gasteiger partial charge in [0.25, 0.3) is 0 Å². The second kappa shape index (κ2) is 6.86. The third kappa shape index (κ3) is 3.52. The molecule has 1 amide bonds. The van der Waals surface area contributed by atoms with Gasteiger partial charge in [0.1, 0.15) is 0 Å². The quantitative estimate of drug-likeness (QED) is 0.927. The van der Waals surface area contributed by atoms with Gasteiger partial charge in [-0.05, 0) is 43.1 Å². The minimum absolute atomic E-state index is 0.0232. The summed E-state index contributed by atoms with van der Waals surface area (Å²) >= 11 is 0. The smallest absolute Gasteiger partial charge is 0.392 e. The lowest BCUT2D eigenvalue weighted by Gasteiger charge is -2.38. The van der Waals surface area contributed by atoms with Gasteiger partial charge in [-0.3, -0.25) is 4.79 Å². The summed E-state index contributed by atoms with van der Waals surface area (Å²) in [5.41, 5.74) is 1.39. The van der Waals surface area contributed by atoms with Crippen molar-refractivity contribution in [3.8, 4) is 0 Å². The van der Waals surface area contributed by atoms with E-state index in [2.05, 4.69) is 34.5 Å². The van der Waals surface area contributed by atoms with Crippen LogP contribution in [0.3, 0.4) is 0 Å². The number of hydrogen-bond donors (Lipinski definition) is 1. The Bertz CT molecular complexity index is 776. The Morgan fingerprint density at radius 2 is 2.04 bits per heavy atom. The van der Waals surface area contributed by atoms with Gasteiger partial charge >= 0.3 is 5.76 Å². The van der Waals surface area contributed by atoms with Gasteiger partial charge in [0.2, 0.25) is 11.8 Å². The molecule has 6 heteroatoms. The van der Waals surface area contributed by atoms with Gasteiger partial charge in [-0.2, -0.15) is 0 Å². The van der Waals surface area contributed by atoms with Crippen molar-refractivity contribution in [3.05, 3.63) is 52.3 Å². The van der Waals surface area contributed by atoms with Crippen LogP contribution in [0.5, 0.6) is 0 Å². The van der Waals surface area contributed by atoms with Crippen LogP contribution >= 0.6 is 0 Å². The lowest BCUT2D eigenvalue weighted by Crippen LogP contribution is -2.41. The Hall–Kier alpha value is -2.37. The standard InChI is InChI=1S/C19H23N3O3/c23-17(11-13-9-16(10-13)14-5-2-1-3-6-14)22-8-4-7-15(12-22)18-20-21-19(24)25-18/h1-3,5-6,13,15-16H,4,7-12H2,(H,21,24). The molecule has 1 aliphatic carbocycles. The van der Waals surface area contributed by atoms with Crippen molar-refractivity contribution in [2.75, 3.05) is 13.1 Å². The first-order valence-electron chi connectivity index (χ1n) is 9.07. The van der Waals surface area contributed by atoms with Crippen LogP contribution in [-0.4, -0.2) is 34.1 Å². The summed E-state index contributed by atoms with van der Waals surface area (Å²) in [6, 6.07) is 10.5. The number of rotatable bonds is 4. The summed E-state index contributed by atoms with van der Waals surface area (Å²) in [5.74, 6) is 1.23. The molecule has 25 heavy (non-hydrogen) atoms. The van der Waals surface area contributed by atoms with Crippen molar-refractivity contribution < 1.29 is 9.21 Å². The Kier molecular flexibility index (Phi) is 4.42. The number of benzene rings is 1. The number of aromatic nitrogens is 2. The van der Waals surface area contributed by atoms with Crippen molar-refractivity contribution in [2.24, 2.45) is 5.92 Å². The largest absolute Gasteiger partial charge is 0.434 e. The maximum Gasteiger partial charge on any atom is 0.434 e. The number of nitrogens with one attached hydrogen (secondary N) is 1. The van der Waals surface area contributed by atoms with E-state index < -0.39 is 5.76 Å². The van der Waals surface area contributed by atoms with Crippen LogP contribution in [0.4, 0.5) is 0 Å². The number of likely N-dealkylation sites (tertiary alicyclic amines) is 1. The lowest BCUT2D eigenvalue weighted by atomic mass is 9.70. The zero-order valence-electron chi connectivity index (χ0n) is 14.2. The first-order chi connectivity index (χ1) is 12.2. The Morgan fingerprint density at radius 1 is 1.24 bits per heavy atom. The molecule has 0 spiro atoms. The first-order valence-corrected chi connectivity index (χ1v) is 9.07. The summed E-state index contributed by atoms with van der Waals surface area (Å²) in [7, 11) is 0. The van der Waals surface area contributed by atoms with E-state index in [0.29, 0.717) is 30.7 Å². The molecule has 2 heterocycles. The number of carbonyl (C=O) groups is 1. The molecule has 132 valence electrons. The number of nitrogens with zero attached hydrogens (tertiary/aromatic N) is 2. The summed E-state index contributed by atoms with van der Waals surface area (Å²) in [5, 5.41) is 6.23. The maximum absolute atomic E-state index is 12.6. The zero-order valence-corrected chi connectivity index (χ0v) is 14.2. The van der Waals surface area contributed by atoms with E-state index in [0.717, 1.165) is 32.2 Å². The van der Waals surface area contributed by atoms with Gasteiger partial charge in [-0.15, -0.1) is 5.10 Å². The average Bonchev–Trinajstić information content (AvgIpc) is 3.05. The summed E-state index contributed by atoms with van der Waals surface area (Å²) < 4.78 is 5.07. The van der Waals surface area contributed by atoms with E-state index in [-0.39, 0.29) is 11.8 Å². The Balaban J connectivity index is 1.29. The van der Waals surface area contributed by atoms with Crippen LogP contribution in [0.2, 0.25) is 0 Å². The molecule has 6 nitrogen and oxygen atoms in total. The monoisotopic (exact) mass is 341 g/mol. The Morgan fingerprint density at radius 3 is 2.76 bits per heavy atom. The highest BCUT2D eigenvalue weighted by molar-refractivity contribution is 5.76. The number of aromatic amines is 1. The molecule has 1 atom stereocenters. The molecule has 1 aromatic carbocycles. The maximum atomic E-state index is 12.6. The lowest BCUT2D eigenvalue weighted by molar-refractivity contribution is -0.134. The number of amides is 1. The molecular formula is C19H23N3O3. The minimum atomic E-state index is -0.528. The summed E-state index contributed by atoms with van der Waals surface area (Å²) in [4.78, 5) is 25.7. The van der Waals surface area contributed by atoms with E-state index in [4.69, 9.17) is 4.42 Å². The van der Waals surface area contributed by atoms with Crippen molar-refractivity contribution in [2.45, 2.75) is 43.9 Å². The van der Waals surface area contributed by atoms with E-state index in [1.54, 1.807) is 0 Å². The van der Waals surface area contributed by atoms with Gasteiger partial charge in [-0.1, -0.05) is 30.3 Å². The molecule has 1 aromatic heterocycles. The molecule has 2 fully saturated rings. The normalized spacial score (nSPS) is 26.2. The van der Waals surface area contributed by atoms with E-state index in [1.165, 1.54) is 5.56 Å². The SMILES string of the molecule is O=C(CC1CC(c2ccccc2)C1)N1CCCC(c2n[nH]c(=O)o2)C1. The van der Waals surface area contributed by atoms with Crippen molar-refractivity contribution in [1.29, 1.82) is 0 Å². The second-order valence-electron chi connectivity index (χ2n) is 7.28. The zero-order chi connectivity index (χ0) is 17.2. The van der Waals surface area contributed by atoms with E-state index in [1.807, 2.05) is 11.0 Å². The van der Waals surface area contributed by atoms with Crippen molar-refractivity contribution >= 4 is 5.91 Å². The molecule has 1 N–H and O–H groups in total. The topological polar surface area (TPSA) is 79.2 Å². The molecule has 1 saturated heterocycles. The second-order valence-corrected chi connectivity index (χ2v) is 7.28. The fraction of sp³-hybridized carbons (Fsp3) is 0.526. The van der Waals surface area contributed by atoms with Gasteiger partial charge in [0.15, 0.2) is 0 Å². The van der Waals surface area contributed by atoms with Crippen molar-refractivity contribution in [1.82, 2.24) is 15.1 Å². The van der Waals surface area contributed by atoms with Gasteiger partial charge in [0.05, 0.1) is 5.92 Å². The molecule has 1 aliphatic heterocycles. The molecule has 2 aliphatic rings. The molecule has 4 rings (SSSR count). The number of hydrogen-bond acceptors (Lipinski definition) is 4. The van der Waals surface area contributed by atoms with Crippen LogP contribution < -0.4 is 5.76 Å². The Labute approximate surface area is 146 Å². The van der Waals surface area contributed by atoms with Crippen LogP contribution in [0.15, 0.2) is 39.5 Å². The molecule has 0 radical (unpaired) electrons. The highest BCUT2D eigenvalue weighted by atomic mass is 16.4. The number of H-pyrrole nitrogens is 1. The summed E-state index contributed by atoms with van der Waals surface area (Å²) in [6.45, 7) is 1.39. The number of piperidine rings is 1. The van der Waals surface area contributed by atoms with E-state index >= 15 is 0 Å². The number of carbonyl (C=O) groups excluding carboxylic acids is 1. The van der Waals surface area contributed by atoms with Crippen LogP contribution in [0.25, 0.3) is 0 Å². The van der Waals surface area contributed by atoms with Crippen LogP contribution in [0.1, 0.15) is 55.4 Å². The predicted molar refractivity (Wildman–Crippen MR) is 92.2 cm³/mol. The van der Waals surface area contributed by atoms with Crippen LogP contribution in [-0.2, 0) is 4.79 Å². The molecule has 1 unspecified atom stereocenters. The fourth-order valence-corrected chi connectivity index (χ4v) is 4.10. The molecular weight excluding hydrogens is 318 g/mol. The minimum Gasteiger partial charge on any atom is -0.392 e. The third-order valence-corrected chi connectivity index (χ3v) is 5.55. The fourth-order valence-electron chi connectivity index (χ4n) is 4.10. The molecule has 2 aromatic rings. The van der Waals surface area contributed by atoms with Gasteiger partial charge in [-0.25, -0.2) is 9.89 Å². The molecule has 0 bridgehead atoms. The van der Waals surface area contributed by atoms with Gasteiger partial charge < -0.3 is 9.32 Å². The highest BCUT2D eigenvalue weighted by Gasteiger charge is 2.34. The highest BCUT2D eigenvalue weighted by Crippen LogP contribution is 2.43. The van der Waals surface area contributed by atoms with Crippen LogP contribution in [0, 0.1) is 5.92 Å².